The molecule has 0 aliphatic carbocycles. The highest BCUT2D eigenvalue weighted by atomic mass is 16.6. The zero-order valence-electron chi connectivity index (χ0n) is 34.7. The molecule has 0 amide bonds. The largest absolute Gasteiger partial charge is 0.468 e. The SMILES string of the molecule is Cc1cc2c3c(c1)N(c1ccc4c(c1)Oc1ccccc1O4)c1c(oc4ccc(C(C)(C)C)cc14)B3c1cc(C(C)(C)C)ccc1N2c1ccc(C(C)(C)C)cc1. The second-order valence-corrected chi connectivity index (χ2v) is 19.2. The maximum atomic E-state index is 7.21. The zero-order chi connectivity index (χ0) is 39.8. The van der Waals surface area contributed by atoms with E-state index >= 15 is 0 Å². The molecule has 6 aromatic carbocycles. The van der Waals surface area contributed by atoms with Gasteiger partial charge in [-0.3, -0.25) is 0 Å². The van der Waals surface area contributed by atoms with Gasteiger partial charge in [-0.25, -0.2) is 0 Å². The summed E-state index contributed by atoms with van der Waals surface area (Å²) in [5, 5.41) is 1.10. The van der Waals surface area contributed by atoms with Crippen molar-refractivity contribution in [2.45, 2.75) is 85.5 Å². The van der Waals surface area contributed by atoms with Crippen molar-refractivity contribution in [1.29, 1.82) is 0 Å². The summed E-state index contributed by atoms with van der Waals surface area (Å²) >= 11 is 0. The maximum Gasteiger partial charge on any atom is 0.297 e. The first-order valence-electron chi connectivity index (χ1n) is 20.2. The number of rotatable bonds is 2. The molecule has 0 fully saturated rings. The first-order chi connectivity index (χ1) is 27.0. The third kappa shape index (κ3) is 5.59. The van der Waals surface area contributed by atoms with Crippen LogP contribution in [0.25, 0.3) is 11.0 Å². The number of fused-ring (bicyclic) bond motifs is 8. The molecule has 0 saturated carbocycles. The molecule has 0 bridgehead atoms. The molecule has 5 nitrogen and oxygen atoms in total. The molecule has 0 unspecified atom stereocenters. The van der Waals surface area contributed by atoms with Crippen molar-refractivity contribution in [1.82, 2.24) is 0 Å². The molecule has 4 heterocycles. The molecular weight excluding hydrogens is 699 g/mol. The number of ether oxygens (including phenoxy) is 2. The van der Waals surface area contributed by atoms with E-state index in [-0.39, 0.29) is 23.0 Å². The molecule has 6 heteroatoms. The minimum atomic E-state index is -0.140. The molecule has 0 radical (unpaired) electrons. The number of furan rings is 1. The molecule has 10 rings (SSSR count). The van der Waals surface area contributed by atoms with Crippen LogP contribution in [0.4, 0.5) is 34.1 Å². The van der Waals surface area contributed by atoms with Crippen LogP contribution in [0.5, 0.6) is 23.0 Å². The predicted molar refractivity (Wildman–Crippen MR) is 238 cm³/mol. The predicted octanol–water partition coefficient (Wildman–Crippen LogP) is 12.6. The van der Waals surface area contributed by atoms with Crippen LogP contribution in [0, 0.1) is 6.92 Å². The van der Waals surface area contributed by atoms with Gasteiger partial charge in [-0.05, 0) is 123 Å². The second kappa shape index (κ2) is 12.1. The number of hydrogen-bond acceptors (Lipinski definition) is 5. The Labute approximate surface area is 336 Å². The van der Waals surface area contributed by atoms with Crippen molar-refractivity contribution in [3.8, 4) is 23.0 Å². The Morgan fingerprint density at radius 2 is 1.05 bits per heavy atom. The number of para-hydroxylation sites is 2. The van der Waals surface area contributed by atoms with Crippen molar-refractivity contribution in [2.24, 2.45) is 0 Å². The van der Waals surface area contributed by atoms with E-state index in [1.807, 2.05) is 30.3 Å². The van der Waals surface area contributed by atoms with Crippen LogP contribution >= 0.6 is 0 Å². The van der Waals surface area contributed by atoms with Crippen molar-refractivity contribution >= 4 is 68.4 Å². The summed E-state index contributed by atoms with van der Waals surface area (Å²) in [6, 6.07) is 41.8. The van der Waals surface area contributed by atoms with Gasteiger partial charge < -0.3 is 23.7 Å². The molecule has 0 N–H and O–H groups in total. The van der Waals surface area contributed by atoms with Crippen molar-refractivity contribution < 1.29 is 13.9 Å². The van der Waals surface area contributed by atoms with Crippen LogP contribution in [0.3, 0.4) is 0 Å². The van der Waals surface area contributed by atoms with Crippen molar-refractivity contribution in [3.05, 3.63) is 138 Å². The summed E-state index contributed by atoms with van der Waals surface area (Å²) in [5.41, 5.74) is 15.9. The number of hydrogen-bond donors (Lipinski definition) is 0. The highest BCUT2D eigenvalue weighted by Gasteiger charge is 2.47. The van der Waals surface area contributed by atoms with Crippen molar-refractivity contribution in [3.63, 3.8) is 0 Å². The normalized spacial score (nSPS) is 14.3. The van der Waals surface area contributed by atoms with Crippen LogP contribution in [0.15, 0.2) is 120 Å². The van der Waals surface area contributed by atoms with Crippen LogP contribution in [-0.4, -0.2) is 6.71 Å². The minimum Gasteiger partial charge on any atom is -0.468 e. The van der Waals surface area contributed by atoms with Crippen LogP contribution in [0.2, 0.25) is 0 Å². The van der Waals surface area contributed by atoms with Crippen molar-refractivity contribution in [2.75, 3.05) is 9.80 Å². The Balaban J connectivity index is 1.28. The minimum absolute atomic E-state index is 0.0459. The van der Waals surface area contributed by atoms with Gasteiger partial charge in [0.05, 0.1) is 17.0 Å². The van der Waals surface area contributed by atoms with E-state index in [9.17, 15) is 0 Å². The van der Waals surface area contributed by atoms with E-state index in [2.05, 4.69) is 164 Å². The Hall–Kier alpha value is -5.88. The average Bonchev–Trinajstić information content (AvgIpc) is 3.54. The van der Waals surface area contributed by atoms with Gasteiger partial charge in [0.2, 0.25) is 0 Å². The van der Waals surface area contributed by atoms with E-state index < -0.39 is 0 Å². The third-order valence-electron chi connectivity index (χ3n) is 12.0. The summed E-state index contributed by atoms with van der Waals surface area (Å²) in [6.45, 7) is 22.6. The smallest absolute Gasteiger partial charge is 0.297 e. The quantitative estimate of drug-likeness (QED) is 0.165. The van der Waals surface area contributed by atoms with Crippen LogP contribution < -0.4 is 35.9 Å². The van der Waals surface area contributed by atoms with E-state index in [0.29, 0.717) is 23.0 Å². The zero-order valence-corrected chi connectivity index (χ0v) is 34.7. The van der Waals surface area contributed by atoms with Gasteiger partial charge in [-0.1, -0.05) is 105 Å². The lowest BCUT2D eigenvalue weighted by atomic mass is 9.35. The van der Waals surface area contributed by atoms with Crippen LogP contribution in [-0.2, 0) is 16.2 Å². The highest BCUT2D eigenvalue weighted by Crippen LogP contribution is 2.51. The molecule has 1 aromatic heterocycles. The van der Waals surface area contributed by atoms with Crippen LogP contribution in [0.1, 0.15) is 84.6 Å². The van der Waals surface area contributed by atoms with Gasteiger partial charge in [0.15, 0.2) is 23.0 Å². The Bertz CT molecular complexity index is 2780. The number of nitrogens with zero attached hydrogens (tertiary/aromatic N) is 2. The van der Waals surface area contributed by atoms with Gasteiger partial charge in [0.1, 0.15) is 5.58 Å². The fourth-order valence-corrected chi connectivity index (χ4v) is 8.87. The molecule has 3 aliphatic rings. The summed E-state index contributed by atoms with van der Waals surface area (Å²) in [6.07, 6.45) is 0. The molecule has 0 spiro atoms. The monoisotopic (exact) mass is 748 g/mol. The molecule has 57 heavy (non-hydrogen) atoms. The summed E-state index contributed by atoms with van der Waals surface area (Å²) in [7, 11) is 0. The molecule has 0 saturated heterocycles. The lowest BCUT2D eigenvalue weighted by Crippen LogP contribution is -2.61. The van der Waals surface area contributed by atoms with Gasteiger partial charge >= 0.3 is 0 Å². The fraction of sp³-hybridized carbons (Fsp3) is 0.255. The van der Waals surface area contributed by atoms with E-state index in [4.69, 9.17) is 13.9 Å². The summed E-state index contributed by atoms with van der Waals surface area (Å²) in [4.78, 5) is 4.89. The molecule has 7 aromatic rings. The number of benzene rings is 6. The molecule has 3 aliphatic heterocycles. The maximum absolute atomic E-state index is 7.21. The molecule has 0 atom stereocenters. The highest BCUT2D eigenvalue weighted by molar-refractivity contribution is 7.00. The first-order valence-corrected chi connectivity index (χ1v) is 20.2. The molecule has 284 valence electrons. The van der Waals surface area contributed by atoms with Gasteiger partial charge in [0.25, 0.3) is 6.71 Å². The van der Waals surface area contributed by atoms with E-state index in [1.165, 1.54) is 38.9 Å². The summed E-state index contributed by atoms with van der Waals surface area (Å²) < 4.78 is 20.1. The van der Waals surface area contributed by atoms with Gasteiger partial charge in [0, 0.05) is 34.2 Å². The lowest BCUT2D eigenvalue weighted by molar-refractivity contribution is 0.360. The fourth-order valence-electron chi connectivity index (χ4n) is 8.87. The molecular formula is C51H49BN2O3. The third-order valence-corrected chi connectivity index (χ3v) is 12.0. The topological polar surface area (TPSA) is 38.1 Å². The van der Waals surface area contributed by atoms with Gasteiger partial charge in [-0.15, -0.1) is 0 Å². The summed E-state index contributed by atoms with van der Waals surface area (Å²) in [5.74, 6) is 2.80. The number of aryl methyl sites for hydroxylation is 1. The average molecular weight is 749 g/mol. The van der Waals surface area contributed by atoms with E-state index in [0.717, 1.165) is 45.1 Å². The lowest BCUT2D eigenvalue weighted by Gasteiger charge is -2.43. The number of anilines is 6. The van der Waals surface area contributed by atoms with E-state index in [1.54, 1.807) is 0 Å². The Kier molecular flexibility index (Phi) is 7.52. The van der Waals surface area contributed by atoms with Gasteiger partial charge in [-0.2, -0.15) is 0 Å². The first kappa shape index (κ1) is 35.5. The standard InChI is InChI=1S/C51H49BN2O3/c1-30-25-39-46-40(26-30)54(35-21-24-44-45(29-35)56-43-14-12-11-13-42(43)55-44)47-36-27-32(50(5,6)7)18-23-41(36)57-48(47)52(46)37-28-33(51(8,9)10)17-22-38(37)53(39)34-19-15-31(16-20-34)49(2,3)4/h11-29H,1-10H3. The Morgan fingerprint density at radius 1 is 0.491 bits per heavy atom. The second-order valence-electron chi connectivity index (χ2n) is 19.2. The Morgan fingerprint density at radius 3 is 1.72 bits per heavy atom.